The van der Waals surface area contributed by atoms with Crippen LogP contribution in [0.25, 0.3) is 0 Å². The zero-order chi connectivity index (χ0) is 14.5. The Morgan fingerprint density at radius 2 is 2.20 bits per heavy atom. The standard InChI is InChI=1S/C15H18FNO3/c1-2-20-15(19)13-8-3-4-9-17(13)14(18)11-6-5-7-12(16)10-11/h5-7,10,13H,2-4,8-9H2,1H3. The van der Waals surface area contributed by atoms with Gasteiger partial charge in [0.2, 0.25) is 0 Å². The summed E-state index contributed by atoms with van der Waals surface area (Å²) in [6.07, 6.45) is 2.33. The van der Waals surface area contributed by atoms with E-state index in [1.165, 1.54) is 23.1 Å². The van der Waals surface area contributed by atoms with Crippen molar-refractivity contribution in [1.29, 1.82) is 0 Å². The first-order chi connectivity index (χ1) is 9.63. The molecule has 0 aliphatic carbocycles. The van der Waals surface area contributed by atoms with E-state index in [9.17, 15) is 14.0 Å². The zero-order valence-corrected chi connectivity index (χ0v) is 11.5. The Hall–Kier alpha value is -1.91. The van der Waals surface area contributed by atoms with Crippen LogP contribution in [0.3, 0.4) is 0 Å². The van der Waals surface area contributed by atoms with Crippen LogP contribution in [0.2, 0.25) is 0 Å². The molecule has 1 saturated heterocycles. The van der Waals surface area contributed by atoms with Gasteiger partial charge >= 0.3 is 5.97 Å². The molecule has 1 aromatic carbocycles. The van der Waals surface area contributed by atoms with Gasteiger partial charge in [-0.05, 0) is 44.4 Å². The van der Waals surface area contributed by atoms with Gasteiger partial charge in [0.25, 0.3) is 5.91 Å². The summed E-state index contributed by atoms with van der Waals surface area (Å²) in [6, 6.07) is 4.97. The van der Waals surface area contributed by atoms with Gasteiger partial charge in [-0.3, -0.25) is 4.79 Å². The smallest absolute Gasteiger partial charge is 0.328 e. The van der Waals surface area contributed by atoms with Crippen LogP contribution in [-0.4, -0.2) is 36.0 Å². The molecule has 0 spiro atoms. The molecule has 1 aromatic rings. The number of hydrogen-bond donors (Lipinski definition) is 0. The number of halogens is 1. The van der Waals surface area contributed by atoms with E-state index in [2.05, 4.69) is 0 Å². The van der Waals surface area contributed by atoms with E-state index >= 15 is 0 Å². The molecule has 5 heteroatoms. The summed E-state index contributed by atoms with van der Waals surface area (Å²) < 4.78 is 18.2. The number of benzene rings is 1. The Bertz CT molecular complexity index is 504. The van der Waals surface area contributed by atoms with Gasteiger partial charge in [-0.25, -0.2) is 9.18 Å². The molecule has 2 rings (SSSR count). The lowest BCUT2D eigenvalue weighted by Gasteiger charge is -2.34. The Kier molecular flexibility index (Phi) is 4.71. The number of hydrogen-bond acceptors (Lipinski definition) is 3. The number of rotatable bonds is 3. The van der Waals surface area contributed by atoms with Crippen LogP contribution < -0.4 is 0 Å². The van der Waals surface area contributed by atoms with Gasteiger partial charge in [0.15, 0.2) is 0 Å². The number of piperidine rings is 1. The number of carbonyl (C=O) groups excluding carboxylic acids is 2. The third-order valence-electron chi connectivity index (χ3n) is 3.39. The van der Waals surface area contributed by atoms with Gasteiger partial charge in [-0.15, -0.1) is 0 Å². The number of amides is 1. The van der Waals surface area contributed by atoms with Crippen molar-refractivity contribution in [3.63, 3.8) is 0 Å². The first-order valence-electron chi connectivity index (χ1n) is 6.86. The Labute approximate surface area is 117 Å². The van der Waals surface area contributed by atoms with Crippen molar-refractivity contribution in [3.8, 4) is 0 Å². The molecule has 1 heterocycles. The van der Waals surface area contributed by atoms with Gasteiger partial charge in [-0.1, -0.05) is 6.07 Å². The molecular formula is C15H18FNO3. The van der Waals surface area contributed by atoms with Crippen molar-refractivity contribution in [2.24, 2.45) is 0 Å². The lowest BCUT2D eigenvalue weighted by molar-refractivity contribution is -0.149. The molecule has 1 atom stereocenters. The Morgan fingerprint density at radius 1 is 1.40 bits per heavy atom. The normalized spacial score (nSPS) is 18.7. The maximum atomic E-state index is 13.2. The van der Waals surface area contributed by atoms with Crippen LogP contribution in [0, 0.1) is 5.82 Å². The third-order valence-corrected chi connectivity index (χ3v) is 3.39. The minimum atomic E-state index is -0.556. The van der Waals surface area contributed by atoms with Gasteiger partial charge < -0.3 is 9.64 Å². The molecule has 0 N–H and O–H groups in total. The molecule has 1 fully saturated rings. The van der Waals surface area contributed by atoms with Crippen LogP contribution in [0.15, 0.2) is 24.3 Å². The number of esters is 1. The lowest BCUT2D eigenvalue weighted by Crippen LogP contribution is -2.48. The molecule has 4 nitrogen and oxygen atoms in total. The Morgan fingerprint density at radius 3 is 2.90 bits per heavy atom. The minimum Gasteiger partial charge on any atom is -0.464 e. The van der Waals surface area contributed by atoms with Crippen LogP contribution >= 0.6 is 0 Å². The average Bonchev–Trinajstić information content (AvgIpc) is 2.47. The summed E-state index contributed by atoms with van der Waals surface area (Å²) in [4.78, 5) is 25.8. The number of nitrogens with zero attached hydrogens (tertiary/aromatic N) is 1. The number of likely N-dealkylation sites (tertiary alicyclic amines) is 1. The highest BCUT2D eigenvalue weighted by Gasteiger charge is 2.33. The van der Waals surface area contributed by atoms with Crippen molar-refractivity contribution in [2.75, 3.05) is 13.2 Å². The first-order valence-corrected chi connectivity index (χ1v) is 6.86. The van der Waals surface area contributed by atoms with Crippen LogP contribution in [0.4, 0.5) is 4.39 Å². The van der Waals surface area contributed by atoms with E-state index in [-0.39, 0.29) is 24.0 Å². The predicted molar refractivity (Wildman–Crippen MR) is 71.7 cm³/mol. The third kappa shape index (κ3) is 3.15. The van der Waals surface area contributed by atoms with Gasteiger partial charge in [0.05, 0.1) is 6.61 Å². The van der Waals surface area contributed by atoms with E-state index in [0.717, 1.165) is 12.8 Å². The largest absolute Gasteiger partial charge is 0.464 e. The highest BCUT2D eigenvalue weighted by molar-refractivity contribution is 5.96. The van der Waals surface area contributed by atoms with Crippen molar-refractivity contribution in [1.82, 2.24) is 4.90 Å². The highest BCUT2D eigenvalue weighted by atomic mass is 19.1. The molecule has 20 heavy (non-hydrogen) atoms. The number of ether oxygens (including phenoxy) is 1. The lowest BCUT2D eigenvalue weighted by atomic mass is 10.0. The average molecular weight is 279 g/mol. The van der Waals surface area contributed by atoms with E-state index in [4.69, 9.17) is 4.74 Å². The number of carbonyl (C=O) groups is 2. The summed E-state index contributed by atoms with van der Waals surface area (Å²) in [5.41, 5.74) is 0.265. The topological polar surface area (TPSA) is 46.6 Å². The minimum absolute atomic E-state index is 0.265. The second-order valence-corrected chi connectivity index (χ2v) is 4.77. The quantitative estimate of drug-likeness (QED) is 0.798. The second kappa shape index (κ2) is 6.50. The molecule has 1 amide bonds. The summed E-state index contributed by atoms with van der Waals surface area (Å²) in [5, 5.41) is 0. The molecule has 0 saturated carbocycles. The SMILES string of the molecule is CCOC(=O)C1CCCCN1C(=O)c1cccc(F)c1. The second-order valence-electron chi connectivity index (χ2n) is 4.77. The molecule has 1 aliphatic rings. The van der Waals surface area contributed by atoms with E-state index in [0.29, 0.717) is 13.0 Å². The van der Waals surface area contributed by atoms with Crippen LogP contribution in [0.1, 0.15) is 36.5 Å². The monoisotopic (exact) mass is 279 g/mol. The fourth-order valence-electron chi connectivity index (χ4n) is 2.45. The van der Waals surface area contributed by atoms with Gasteiger partial charge in [-0.2, -0.15) is 0 Å². The molecule has 108 valence electrons. The summed E-state index contributed by atoms with van der Waals surface area (Å²) in [6.45, 7) is 2.52. The van der Waals surface area contributed by atoms with E-state index in [1.807, 2.05) is 0 Å². The summed E-state index contributed by atoms with van der Waals surface area (Å²) in [7, 11) is 0. The van der Waals surface area contributed by atoms with Crippen molar-refractivity contribution < 1.29 is 18.7 Å². The van der Waals surface area contributed by atoms with E-state index < -0.39 is 11.9 Å². The molecule has 0 bridgehead atoms. The van der Waals surface area contributed by atoms with Crippen molar-refractivity contribution in [2.45, 2.75) is 32.2 Å². The molecular weight excluding hydrogens is 261 g/mol. The van der Waals surface area contributed by atoms with E-state index in [1.54, 1.807) is 13.0 Å². The van der Waals surface area contributed by atoms with Crippen molar-refractivity contribution >= 4 is 11.9 Å². The Balaban J connectivity index is 2.19. The molecule has 1 unspecified atom stereocenters. The fraction of sp³-hybridized carbons (Fsp3) is 0.467. The predicted octanol–water partition coefficient (Wildman–Crippen LogP) is 2.38. The summed E-state index contributed by atoms with van der Waals surface area (Å²) in [5.74, 6) is -1.15. The first kappa shape index (κ1) is 14.5. The van der Waals surface area contributed by atoms with Crippen LogP contribution in [0.5, 0.6) is 0 Å². The van der Waals surface area contributed by atoms with Crippen molar-refractivity contribution in [3.05, 3.63) is 35.6 Å². The van der Waals surface area contributed by atoms with Gasteiger partial charge in [0, 0.05) is 12.1 Å². The molecule has 0 aromatic heterocycles. The highest BCUT2D eigenvalue weighted by Crippen LogP contribution is 2.21. The van der Waals surface area contributed by atoms with Gasteiger partial charge in [0.1, 0.15) is 11.9 Å². The maximum Gasteiger partial charge on any atom is 0.328 e. The molecule has 0 radical (unpaired) electrons. The van der Waals surface area contributed by atoms with Crippen LogP contribution in [-0.2, 0) is 9.53 Å². The molecule has 1 aliphatic heterocycles. The maximum absolute atomic E-state index is 13.2. The zero-order valence-electron chi connectivity index (χ0n) is 11.5. The fourth-order valence-corrected chi connectivity index (χ4v) is 2.45. The summed E-state index contributed by atoms with van der Waals surface area (Å²) >= 11 is 0.